The van der Waals surface area contributed by atoms with Gasteiger partial charge in [0.15, 0.2) is 0 Å². The molecule has 1 aliphatic heterocycles. The van der Waals surface area contributed by atoms with Crippen LogP contribution in [0.1, 0.15) is 44.0 Å². The fraction of sp³-hybridized carbons (Fsp3) is 0.786. The molecular formula is C14H24ClN3O. The van der Waals surface area contributed by atoms with E-state index >= 15 is 0 Å². The monoisotopic (exact) mass is 285 g/mol. The molecule has 5 heteroatoms. The van der Waals surface area contributed by atoms with Crippen molar-refractivity contribution in [1.29, 1.82) is 0 Å². The van der Waals surface area contributed by atoms with Crippen LogP contribution < -0.4 is 5.32 Å². The van der Waals surface area contributed by atoms with Crippen LogP contribution in [-0.2, 0) is 24.8 Å². The number of aryl methyl sites for hydroxylation is 2. The number of nitrogens with one attached hydrogen (secondary N) is 1. The lowest BCUT2D eigenvalue weighted by molar-refractivity contribution is 0.0115. The minimum Gasteiger partial charge on any atom is -0.378 e. The Morgan fingerprint density at radius 3 is 2.95 bits per heavy atom. The van der Waals surface area contributed by atoms with Crippen LogP contribution in [0.4, 0.5) is 0 Å². The van der Waals surface area contributed by atoms with Gasteiger partial charge >= 0.3 is 0 Å². The lowest BCUT2D eigenvalue weighted by atomic mass is 10.1. The van der Waals surface area contributed by atoms with Crippen molar-refractivity contribution in [1.82, 2.24) is 15.1 Å². The molecule has 0 saturated carbocycles. The zero-order chi connectivity index (χ0) is 13.7. The third-order valence-electron chi connectivity index (χ3n) is 3.71. The quantitative estimate of drug-likeness (QED) is 0.817. The number of aromatic nitrogens is 2. The summed E-state index contributed by atoms with van der Waals surface area (Å²) in [5.74, 6) is 0. The van der Waals surface area contributed by atoms with Crippen molar-refractivity contribution in [3.8, 4) is 0 Å². The molecule has 1 aliphatic rings. The first kappa shape index (κ1) is 14.8. The van der Waals surface area contributed by atoms with E-state index in [4.69, 9.17) is 16.3 Å². The fourth-order valence-corrected chi connectivity index (χ4v) is 2.88. The predicted octanol–water partition coefficient (Wildman–Crippen LogP) is 2.68. The molecule has 1 aromatic rings. The van der Waals surface area contributed by atoms with E-state index in [0.29, 0.717) is 6.10 Å². The maximum atomic E-state index is 6.31. The molecule has 2 rings (SSSR count). The molecule has 0 radical (unpaired) electrons. The molecule has 0 spiro atoms. The summed E-state index contributed by atoms with van der Waals surface area (Å²) in [5, 5.41) is 8.67. The highest BCUT2D eigenvalue weighted by molar-refractivity contribution is 6.31. The van der Waals surface area contributed by atoms with E-state index in [0.717, 1.165) is 48.9 Å². The van der Waals surface area contributed by atoms with Gasteiger partial charge in [0.05, 0.1) is 22.5 Å². The van der Waals surface area contributed by atoms with E-state index in [1.165, 1.54) is 19.3 Å². The van der Waals surface area contributed by atoms with Crippen molar-refractivity contribution < 1.29 is 4.74 Å². The van der Waals surface area contributed by atoms with Gasteiger partial charge in [-0.3, -0.25) is 4.68 Å². The summed E-state index contributed by atoms with van der Waals surface area (Å²) < 4.78 is 7.60. The number of rotatable bonds is 6. The molecule has 0 bridgehead atoms. The van der Waals surface area contributed by atoms with E-state index in [9.17, 15) is 0 Å². The van der Waals surface area contributed by atoms with Crippen molar-refractivity contribution in [3.63, 3.8) is 0 Å². The van der Waals surface area contributed by atoms with Gasteiger partial charge in [-0.05, 0) is 38.6 Å². The van der Waals surface area contributed by atoms with Gasteiger partial charge in [0.25, 0.3) is 0 Å². The lowest BCUT2D eigenvalue weighted by Gasteiger charge is -2.22. The highest BCUT2D eigenvalue weighted by Gasteiger charge is 2.14. The second-order valence-corrected chi connectivity index (χ2v) is 5.52. The maximum absolute atomic E-state index is 6.31. The molecule has 4 nitrogen and oxygen atoms in total. The van der Waals surface area contributed by atoms with Crippen LogP contribution in [0.3, 0.4) is 0 Å². The Kier molecular flexibility index (Phi) is 5.67. The fourth-order valence-electron chi connectivity index (χ4n) is 2.52. The van der Waals surface area contributed by atoms with E-state index in [-0.39, 0.29) is 0 Å². The van der Waals surface area contributed by atoms with Crippen LogP contribution in [0.2, 0.25) is 5.02 Å². The summed E-state index contributed by atoms with van der Waals surface area (Å²) in [6, 6.07) is 0. The number of nitrogens with zero attached hydrogens (tertiary/aromatic N) is 2. The van der Waals surface area contributed by atoms with E-state index in [2.05, 4.69) is 17.3 Å². The Morgan fingerprint density at radius 1 is 1.47 bits per heavy atom. The Labute approximate surface area is 120 Å². The summed E-state index contributed by atoms with van der Waals surface area (Å²) in [6.45, 7) is 4.74. The molecule has 0 amide bonds. The van der Waals surface area contributed by atoms with Gasteiger partial charge in [-0.2, -0.15) is 5.10 Å². The highest BCUT2D eigenvalue weighted by atomic mass is 35.5. The summed E-state index contributed by atoms with van der Waals surface area (Å²) in [5.41, 5.74) is 2.06. The Morgan fingerprint density at radius 2 is 2.32 bits per heavy atom. The number of hydrogen-bond donors (Lipinski definition) is 1. The van der Waals surface area contributed by atoms with Gasteiger partial charge in [-0.1, -0.05) is 18.5 Å². The first-order chi connectivity index (χ1) is 9.22. The zero-order valence-corrected chi connectivity index (χ0v) is 12.7. The van der Waals surface area contributed by atoms with Crippen LogP contribution in [0.25, 0.3) is 0 Å². The maximum Gasteiger partial charge on any atom is 0.0863 e. The van der Waals surface area contributed by atoms with Gasteiger partial charge in [-0.15, -0.1) is 0 Å². The molecular weight excluding hydrogens is 262 g/mol. The van der Waals surface area contributed by atoms with E-state index in [1.807, 2.05) is 11.7 Å². The van der Waals surface area contributed by atoms with Gasteiger partial charge in [0, 0.05) is 20.2 Å². The molecule has 1 fully saturated rings. The van der Waals surface area contributed by atoms with Gasteiger partial charge in [0.1, 0.15) is 0 Å². The van der Waals surface area contributed by atoms with Gasteiger partial charge in [-0.25, -0.2) is 0 Å². The van der Waals surface area contributed by atoms with Crippen molar-refractivity contribution >= 4 is 11.6 Å². The number of ether oxygens (including phenoxy) is 1. The summed E-state index contributed by atoms with van der Waals surface area (Å²) in [6.07, 6.45) is 6.12. The molecule has 2 heterocycles. The van der Waals surface area contributed by atoms with E-state index < -0.39 is 0 Å². The minimum absolute atomic E-state index is 0.439. The van der Waals surface area contributed by atoms with Crippen molar-refractivity contribution in [2.24, 2.45) is 7.05 Å². The minimum atomic E-state index is 0.439. The smallest absolute Gasteiger partial charge is 0.0863 e. The number of hydrogen-bond acceptors (Lipinski definition) is 3. The molecule has 108 valence electrons. The largest absolute Gasteiger partial charge is 0.378 e. The first-order valence-electron chi connectivity index (χ1n) is 7.25. The normalized spacial score (nSPS) is 19.8. The van der Waals surface area contributed by atoms with Crippen LogP contribution >= 0.6 is 11.6 Å². The SMILES string of the molecule is CCc1nn(C)c(CNCCC2CCCCO2)c1Cl. The summed E-state index contributed by atoms with van der Waals surface area (Å²) in [7, 11) is 1.95. The van der Waals surface area contributed by atoms with Gasteiger partial charge < -0.3 is 10.1 Å². The molecule has 1 atom stereocenters. The van der Waals surface area contributed by atoms with Crippen LogP contribution in [-0.4, -0.2) is 29.0 Å². The molecule has 1 N–H and O–H groups in total. The van der Waals surface area contributed by atoms with Crippen LogP contribution in [0.15, 0.2) is 0 Å². The lowest BCUT2D eigenvalue weighted by Crippen LogP contribution is -2.25. The molecule has 0 aromatic carbocycles. The average Bonchev–Trinajstić information content (AvgIpc) is 2.71. The Balaban J connectivity index is 1.74. The topological polar surface area (TPSA) is 39.1 Å². The Hall–Kier alpha value is -0.580. The highest BCUT2D eigenvalue weighted by Crippen LogP contribution is 2.20. The third-order valence-corrected chi connectivity index (χ3v) is 4.15. The molecule has 19 heavy (non-hydrogen) atoms. The second kappa shape index (κ2) is 7.27. The van der Waals surface area contributed by atoms with Crippen LogP contribution in [0.5, 0.6) is 0 Å². The van der Waals surface area contributed by atoms with E-state index in [1.54, 1.807) is 0 Å². The first-order valence-corrected chi connectivity index (χ1v) is 7.62. The molecule has 1 aromatic heterocycles. The molecule has 1 saturated heterocycles. The predicted molar refractivity (Wildman–Crippen MR) is 77.5 cm³/mol. The average molecular weight is 286 g/mol. The zero-order valence-electron chi connectivity index (χ0n) is 11.9. The van der Waals surface area contributed by atoms with Crippen LogP contribution in [0, 0.1) is 0 Å². The van der Waals surface area contributed by atoms with Gasteiger partial charge in [0.2, 0.25) is 0 Å². The second-order valence-electron chi connectivity index (χ2n) is 5.14. The third kappa shape index (κ3) is 3.94. The standard InChI is InChI=1S/C14H24ClN3O/c1-3-12-14(15)13(18(2)17-12)10-16-8-7-11-6-4-5-9-19-11/h11,16H,3-10H2,1-2H3. The van der Waals surface area contributed by atoms with Crippen molar-refractivity contribution in [2.45, 2.75) is 51.7 Å². The molecule has 0 aliphatic carbocycles. The summed E-state index contributed by atoms with van der Waals surface area (Å²) in [4.78, 5) is 0. The molecule has 1 unspecified atom stereocenters. The Bertz CT molecular complexity index is 400. The van der Waals surface area contributed by atoms with Crippen molar-refractivity contribution in [2.75, 3.05) is 13.2 Å². The summed E-state index contributed by atoms with van der Waals surface area (Å²) >= 11 is 6.31. The number of halogens is 1. The van der Waals surface area contributed by atoms with Crippen molar-refractivity contribution in [3.05, 3.63) is 16.4 Å².